The van der Waals surface area contributed by atoms with E-state index in [2.05, 4.69) is 15.4 Å². The Morgan fingerprint density at radius 1 is 1.33 bits per heavy atom. The van der Waals surface area contributed by atoms with Gasteiger partial charge in [-0.1, -0.05) is 15.7 Å². The molecule has 9 heteroatoms. The molecule has 0 bridgehead atoms. The third-order valence-corrected chi connectivity index (χ3v) is 4.06. The topological polar surface area (TPSA) is 85.4 Å². The van der Waals surface area contributed by atoms with Crippen molar-refractivity contribution in [1.82, 2.24) is 14.6 Å². The monoisotopic (exact) mass is 347 g/mol. The molecule has 3 rings (SSSR count). The molecule has 0 saturated carbocycles. The average molecular weight is 347 g/mol. The molecule has 3 aromatic rings. The Morgan fingerprint density at radius 2 is 2.17 bits per heavy atom. The molecule has 0 saturated heterocycles. The van der Waals surface area contributed by atoms with Crippen molar-refractivity contribution in [1.29, 1.82) is 0 Å². The Balaban J connectivity index is 1.83. The maximum atomic E-state index is 13.4. The second kappa shape index (κ2) is 6.83. The van der Waals surface area contributed by atoms with Gasteiger partial charge in [-0.2, -0.15) is 11.8 Å². The van der Waals surface area contributed by atoms with E-state index in [1.165, 1.54) is 22.8 Å². The van der Waals surface area contributed by atoms with Crippen LogP contribution in [0.5, 0.6) is 0 Å². The lowest BCUT2D eigenvalue weighted by atomic mass is 10.1. The van der Waals surface area contributed by atoms with Gasteiger partial charge >= 0.3 is 5.82 Å². The Kier molecular flexibility index (Phi) is 4.61. The molecule has 0 aliphatic carbocycles. The molecule has 2 heterocycles. The van der Waals surface area contributed by atoms with E-state index >= 15 is 0 Å². The standard InChI is InChI=1S/C15H14FN5O2S/c1-24-9-11-6-12(16)3-2-10(11)7-17-13-4-5-14-18-8-15(21(22)23)20(14)19-13/h2-6,8H,7,9H2,1H3,(H,17,19). The van der Waals surface area contributed by atoms with Crippen molar-refractivity contribution >= 4 is 29.0 Å². The molecule has 0 aliphatic heterocycles. The first-order valence-corrected chi connectivity index (χ1v) is 8.47. The van der Waals surface area contributed by atoms with Gasteiger partial charge in [0, 0.05) is 18.4 Å². The van der Waals surface area contributed by atoms with Gasteiger partial charge in [-0.05, 0) is 40.5 Å². The number of hydrogen-bond donors (Lipinski definition) is 1. The largest absolute Gasteiger partial charge is 0.368 e. The van der Waals surface area contributed by atoms with E-state index < -0.39 is 4.92 Å². The quantitative estimate of drug-likeness (QED) is 0.544. The zero-order chi connectivity index (χ0) is 17.1. The van der Waals surface area contributed by atoms with Gasteiger partial charge in [-0.3, -0.25) is 0 Å². The lowest BCUT2D eigenvalue weighted by Crippen LogP contribution is -2.07. The van der Waals surface area contributed by atoms with Gasteiger partial charge in [0.15, 0.2) is 5.82 Å². The second-order valence-corrected chi connectivity index (χ2v) is 5.93. The molecule has 0 radical (unpaired) electrons. The van der Waals surface area contributed by atoms with Crippen LogP contribution in [-0.4, -0.2) is 25.8 Å². The summed E-state index contributed by atoms with van der Waals surface area (Å²) in [6.07, 6.45) is 3.12. The normalized spacial score (nSPS) is 10.9. The second-order valence-electron chi connectivity index (χ2n) is 5.06. The maximum Gasteiger partial charge on any atom is 0.368 e. The van der Waals surface area contributed by atoms with Gasteiger partial charge < -0.3 is 15.4 Å². The predicted molar refractivity (Wildman–Crippen MR) is 90.6 cm³/mol. The average Bonchev–Trinajstić information content (AvgIpc) is 2.98. The minimum atomic E-state index is -0.534. The summed E-state index contributed by atoms with van der Waals surface area (Å²) in [6, 6.07) is 8.01. The summed E-state index contributed by atoms with van der Waals surface area (Å²) in [7, 11) is 0. The molecular formula is C15H14FN5O2S. The summed E-state index contributed by atoms with van der Waals surface area (Å²) in [5, 5.41) is 18.3. The van der Waals surface area contributed by atoms with E-state index in [-0.39, 0.29) is 11.6 Å². The van der Waals surface area contributed by atoms with E-state index in [1.54, 1.807) is 30.0 Å². The summed E-state index contributed by atoms with van der Waals surface area (Å²) >= 11 is 1.61. The van der Waals surface area contributed by atoms with Crippen molar-refractivity contribution in [3.05, 3.63) is 63.6 Å². The summed E-state index contributed by atoms with van der Waals surface area (Å²) in [5.74, 6) is 0.715. The summed E-state index contributed by atoms with van der Waals surface area (Å²) < 4.78 is 14.6. The van der Waals surface area contributed by atoms with Gasteiger partial charge in [-0.15, -0.1) is 0 Å². The molecule has 0 aliphatic rings. The number of thioether (sulfide) groups is 1. The number of nitrogens with one attached hydrogen (secondary N) is 1. The Bertz CT molecular complexity index is 899. The molecule has 124 valence electrons. The Hall–Kier alpha value is -2.68. The minimum Gasteiger partial charge on any atom is -0.363 e. The smallest absolute Gasteiger partial charge is 0.363 e. The van der Waals surface area contributed by atoms with Crippen LogP contribution in [0.15, 0.2) is 36.5 Å². The van der Waals surface area contributed by atoms with Crippen molar-refractivity contribution in [2.24, 2.45) is 0 Å². The third kappa shape index (κ3) is 3.30. The number of nitro groups is 1. The molecule has 0 spiro atoms. The highest BCUT2D eigenvalue weighted by Crippen LogP contribution is 2.19. The molecule has 0 amide bonds. The van der Waals surface area contributed by atoms with E-state index in [0.717, 1.165) is 11.1 Å². The molecule has 0 fully saturated rings. The first-order valence-electron chi connectivity index (χ1n) is 7.08. The Morgan fingerprint density at radius 3 is 2.92 bits per heavy atom. The van der Waals surface area contributed by atoms with Crippen LogP contribution in [0.1, 0.15) is 11.1 Å². The number of benzene rings is 1. The van der Waals surface area contributed by atoms with Crippen LogP contribution in [0.25, 0.3) is 5.65 Å². The summed E-state index contributed by atoms with van der Waals surface area (Å²) in [5.41, 5.74) is 2.26. The fraction of sp³-hybridized carbons (Fsp3) is 0.200. The van der Waals surface area contributed by atoms with Gasteiger partial charge in [0.25, 0.3) is 0 Å². The van der Waals surface area contributed by atoms with Crippen LogP contribution in [0.2, 0.25) is 0 Å². The van der Waals surface area contributed by atoms with Crippen LogP contribution in [0.3, 0.4) is 0 Å². The molecule has 1 aromatic carbocycles. The number of fused-ring (bicyclic) bond motifs is 1. The van der Waals surface area contributed by atoms with Crippen LogP contribution >= 0.6 is 11.8 Å². The molecular weight excluding hydrogens is 333 g/mol. The van der Waals surface area contributed by atoms with Crippen LogP contribution in [0.4, 0.5) is 16.0 Å². The van der Waals surface area contributed by atoms with E-state index in [9.17, 15) is 14.5 Å². The number of hydrogen-bond acceptors (Lipinski definition) is 6. The fourth-order valence-corrected chi connectivity index (χ4v) is 2.90. The van der Waals surface area contributed by atoms with Crippen LogP contribution < -0.4 is 5.32 Å². The van der Waals surface area contributed by atoms with Crippen LogP contribution in [0, 0.1) is 15.9 Å². The highest BCUT2D eigenvalue weighted by molar-refractivity contribution is 7.97. The van der Waals surface area contributed by atoms with Crippen LogP contribution in [-0.2, 0) is 12.3 Å². The van der Waals surface area contributed by atoms with Gasteiger partial charge in [0.05, 0.1) is 0 Å². The third-order valence-electron chi connectivity index (χ3n) is 3.46. The summed E-state index contributed by atoms with van der Waals surface area (Å²) in [6.45, 7) is 0.442. The molecule has 1 N–H and O–H groups in total. The van der Waals surface area contributed by atoms with E-state index in [1.807, 2.05) is 6.26 Å². The number of aromatic nitrogens is 3. The number of rotatable bonds is 6. The van der Waals surface area contributed by atoms with E-state index in [0.29, 0.717) is 23.8 Å². The SMILES string of the molecule is CSCc1cc(F)ccc1CNc1ccc2ncc([N+](=O)[O-])n2n1. The van der Waals surface area contributed by atoms with Crippen molar-refractivity contribution in [3.63, 3.8) is 0 Å². The van der Waals surface area contributed by atoms with Crippen molar-refractivity contribution in [3.8, 4) is 0 Å². The van der Waals surface area contributed by atoms with Crippen molar-refractivity contribution < 1.29 is 9.31 Å². The first kappa shape index (κ1) is 16.2. The minimum absolute atomic E-state index is 0.196. The maximum absolute atomic E-state index is 13.4. The highest BCUT2D eigenvalue weighted by Gasteiger charge is 2.16. The first-order chi connectivity index (χ1) is 11.6. The van der Waals surface area contributed by atoms with Gasteiger partial charge in [-0.25, -0.2) is 9.37 Å². The van der Waals surface area contributed by atoms with Crippen molar-refractivity contribution in [2.45, 2.75) is 12.3 Å². The predicted octanol–water partition coefficient (Wildman–Crippen LogP) is 3.25. The number of nitrogens with zero attached hydrogens (tertiary/aromatic N) is 4. The van der Waals surface area contributed by atoms with Gasteiger partial charge in [0.1, 0.15) is 12.0 Å². The molecule has 24 heavy (non-hydrogen) atoms. The van der Waals surface area contributed by atoms with Crippen molar-refractivity contribution in [2.75, 3.05) is 11.6 Å². The molecule has 0 unspecified atom stereocenters. The lowest BCUT2D eigenvalue weighted by Gasteiger charge is -2.10. The zero-order valence-corrected chi connectivity index (χ0v) is 13.6. The summed E-state index contributed by atoms with van der Waals surface area (Å²) in [4.78, 5) is 14.4. The number of imidazole rings is 1. The number of anilines is 1. The lowest BCUT2D eigenvalue weighted by molar-refractivity contribution is -0.391. The Labute approximate surface area is 141 Å². The zero-order valence-electron chi connectivity index (χ0n) is 12.8. The fourth-order valence-electron chi connectivity index (χ4n) is 2.32. The number of halogens is 1. The van der Waals surface area contributed by atoms with Gasteiger partial charge in [0.2, 0.25) is 5.65 Å². The highest BCUT2D eigenvalue weighted by atomic mass is 32.2. The molecule has 2 aromatic heterocycles. The molecule has 0 atom stereocenters. The van der Waals surface area contributed by atoms with E-state index in [4.69, 9.17) is 0 Å². The molecule has 7 nitrogen and oxygen atoms in total.